The molecule has 0 aliphatic carbocycles. The molecule has 0 heterocycles. The number of ether oxygens (including phenoxy) is 2. The summed E-state index contributed by atoms with van der Waals surface area (Å²) < 4.78 is 33.4. The molecule has 0 radical (unpaired) electrons. The second-order valence-corrected chi connectivity index (χ2v) is 16.5. The van der Waals surface area contributed by atoms with E-state index >= 15 is 0 Å². The summed E-state index contributed by atoms with van der Waals surface area (Å²) in [5.41, 5.74) is 0. The second-order valence-electron chi connectivity index (χ2n) is 15.0. The highest BCUT2D eigenvalue weighted by Crippen LogP contribution is 2.43. The molecule has 0 amide bonds. The summed E-state index contributed by atoms with van der Waals surface area (Å²) in [5, 5.41) is 18.4. The molecule has 0 aliphatic heterocycles. The quantitative estimate of drug-likeness (QED) is 0.0238. The summed E-state index contributed by atoms with van der Waals surface area (Å²) >= 11 is 0. The van der Waals surface area contributed by atoms with Crippen molar-refractivity contribution in [2.75, 3.05) is 33.0 Å². The molecule has 0 spiro atoms. The Kier molecular flexibility index (Phi) is 42.3. The highest BCUT2D eigenvalue weighted by atomic mass is 31.2. The Hall–Kier alpha value is -1.84. The van der Waals surface area contributed by atoms with E-state index in [1.165, 1.54) is 77.0 Å². The fourth-order valence-corrected chi connectivity index (χ4v) is 6.78. The third kappa shape index (κ3) is 43.6. The van der Waals surface area contributed by atoms with Crippen LogP contribution in [0, 0.1) is 0 Å². The maximum atomic E-state index is 12.6. The van der Waals surface area contributed by atoms with E-state index in [4.69, 9.17) is 23.6 Å². The van der Waals surface area contributed by atoms with Crippen molar-refractivity contribution in [1.82, 2.24) is 0 Å². The molecule has 3 atom stereocenters. The molecule has 0 saturated heterocycles. The van der Waals surface area contributed by atoms with Crippen molar-refractivity contribution in [3.8, 4) is 0 Å². The summed E-state index contributed by atoms with van der Waals surface area (Å²) in [6, 6.07) is 0. The van der Waals surface area contributed by atoms with Crippen LogP contribution in [0.15, 0.2) is 60.8 Å². The molecule has 3 N–H and O–H groups in total. The van der Waals surface area contributed by atoms with Gasteiger partial charge >= 0.3 is 13.8 Å². The average Bonchev–Trinajstić information content (AvgIpc) is 3.20. The topological polar surface area (TPSA) is 132 Å². The highest BCUT2D eigenvalue weighted by molar-refractivity contribution is 7.47. The van der Waals surface area contributed by atoms with Crippen LogP contribution >= 0.6 is 7.82 Å². The number of unbranched alkanes of at least 4 members (excludes halogenated alkanes) is 19. The summed E-state index contributed by atoms with van der Waals surface area (Å²) in [6.45, 7) is 3.37. The minimum absolute atomic E-state index is 0.0399. The van der Waals surface area contributed by atoms with Crippen molar-refractivity contribution in [3.63, 3.8) is 0 Å². The van der Waals surface area contributed by atoms with E-state index in [9.17, 15) is 19.4 Å². The van der Waals surface area contributed by atoms with Crippen LogP contribution < -0.4 is 0 Å². The zero-order valence-electron chi connectivity index (χ0n) is 36.3. The van der Waals surface area contributed by atoms with Crippen LogP contribution in [0.5, 0.6) is 0 Å². The Balaban J connectivity index is 4.14. The molecule has 0 rings (SSSR count). The third-order valence-electron chi connectivity index (χ3n) is 9.44. The number of aliphatic hydroxyl groups excluding tert-OH is 2. The van der Waals surface area contributed by atoms with Gasteiger partial charge in [0.05, 0.1) is 26.4 Å². The van der Waals surface area contributed by atoms with Gasteiger partial charge in [0.25, 0.3) is 0 Å². The minimum Gasteiger partial charge on any atom is -0.457 e. The van der Waals surface area contributed by atoms with E-state index in [-0.39, 0.29) is 19.6 Å². The maximum absolute atomic E-state index is 12.6. The number of phosphoric acid groups is 1. The first-order valence-electron chi connectivity index (χ1n) is 22.8. The van der Waals surface area contributed by atoms with Gasteiger partial charge in [0, 0.05) is 13.0 Å². The Morgan fingerprint density at radius 2 is 1.00 bits per heavy atom. The lowest BCUT2D eigenvalue weighted by Gasteiger charge is -2.20. The van der Waals surface area contributed by atoms with Crippen molar-refractivity contribution in [3.05, 3.63) is 60.8 Å². The van der Waals surface area contributed by atoms with Crippen LogP contribution in [0.4, 0.5) is 0 Å². The summed E-state index contributed by atoms with van der Waals surface area (Å²) in [5.74, 6) is -0.395. The number of aliphatic hydroxyl groups is 2. The lowest BCUT2D eigenvalue weighted by Crippen LogP contribution is -2.29. The van der Waals surface area contributed by atoms with Gasteiger partial charge in [-0.3, -0.25) is 13.8 Å². The molecule has 0 aliphatic rings. The van der Waals surface area contributed by atoms with Crippen molar-refractivity contribution in [2.24, 2.45) is 0 Å². The van der Waals surface area contributed by atoms with Gasteiger partial charge in [-0.25, -0.2) is 4.57 Å². The molecule has 57 heavy (non-hydrogen) atoms. The molecule has 0 aromatic heterocycles. The van der Waals surface area contributed by atoms with Gasteiger partial charge in [0.1, 0.15) is 12.2 Å². The predicted octanol–water partition coefficient (Wildman–Crippen LogP) is 12.8. The molecular formula is C47H85O9P. The van der Waals surface area contributed by atoms with Gasteiger partial charge in [-0.1, -0.05) is 164 Å². The first-order chi connectivity index (χ1) is 27.8. The van der Waals surface area contributed by atoms with Crippen LogP contribution in [-0.4, -0.2) is 66.3 Å². The largest absolute Gasteiger partial charge is 0.472 e. The normalized spacial score (nSPS) is 14.5. The van der Waals surface area contributed by atoms with Crippen molar-refractivity contribution in [2.45, 2.75) is 199 Å². The Labute approximate surface area is 349 Å². The van der Waals surface area contributed by atoms with Gasteiger partial charge in [-0.15, -0.1) is 0 Å². The average molecular weight is 825 g/mol. The van der Waals surface area contributed by atoms with Gasteiger partial charge in [0.15, 0.2) is 0 Å². The van der Waals surface area contributed by atoms with E-state index in [0.29, 0.717) is 13.0 Å². The molecule has 0 saturated carbocycles. The molecule has 3 unspecified atom stereocenters. The van der Waals surface area contributed by atoms with Crippen LogP contribution in [0.25, 0.3) is 0 Å². The number of allylic oxidation sites excluding steroid dienone is 10. The molecular weight excluding hydrogens is 739 g/mol. The number of rotatable bonds is 43. The minimum atomic E-state index is -4.52. The van der Waals surface area contributed by atoms with Crippen molar-refractivity contribution in [1.29, 1.82) is 0 Å². The molecule has 0 aromatic carbocycles. The van der Waals surface area contributed by atoms with Crippen LogP contribution in [0.3, 0.4) is 0 Å². The number of phosphoric ester groups is 1. The van der Waals surface area contributed by atoms with E-state index in [2.05, 4.69) is 74.6 Å². The smallest absolute Gasteiger partial charge is 0.457 e. The fourth-order valence-electron chi connectivity index (χ4n) is 5.99. The maximum Gasteiger partial charge on any atom is 0.472 e. The monoisotopic (exact) mass is 825 g/mol. The molecule has 0 aromatic rings. The van der Waals surface area contributed by atoms with Crippen LogP contribution in [-0.2, 0) is 27.9 Å². The van der Waals surface area contributed by atoms with Crippen molar-refractivity contribution >= 4 is 13.8 Å². The molecule has 0 bridgehead atoms. The Morgan fingerprint density at radius 1 is 0.561 bits per heavy atom. The standard InChI is InChI=1S/C47H85O9P/c1-3-5-7-9-11-13-15-17-19-20-21-22-23-24-25-26-28-30-32-34-36-38-40-53-43-46(44-55-57(51,52)54-42-45(49)41-48)56-47(50)39-37-35-33-31-29-27-18-16-14-12-10-8-6-4-2/h5,7,11,13,16-19,21-22,45-46,48-49H,3-4,6,8-10,12,14-15,20,23-44H2,1-2H3,(H,51,52)/b7-5-,13-11-,18-16-,19-17-,22-21-. The van der Waals surface area contributed by atoms with Crippen LogP contribution in [0.2, 0.25) is 0 Å². The van der Waals surface area contributed by atoms with E-state index < -0.39 is 39.2 Å². The van der Waals surface area contributed by atoms with Gasteiger partial charge in [-0.05, 0) is 77.0 Å². The fraction of sp³-hybridized carbons (Fsp3) is 0.766. The first kappa shape index (κ1) is 55.2. The Bertz CT molecular complexity index is 1070. The molecule has 0 fully saturated rings. The van der Waals surface area contributed by atoms with Crippen molar-refractivity contribution < 1.29 is 43.0 Å². The SMILES string of the molecule is CC/C=C\C/C=C\C/C=C\C/C=C\CCCCCCCCCCCOCC(COP(=O)(O)OCC(O)CO)OC(=O)CCCCCCC/C=C\CCCCCCC. The van der Waals surface area contributed by atoms with E-state index in [1.807, 2.05) is 0 Å². The number of hydrogen-bond acceptors (Lipinski definition) is 8. The number of hydrogen-bond donors (Lipinski definition) is 3. The lowest BCUT2D eigenvalue weighted by atomic mass is 10.1. The lowest BCUT2D eigenvalue weighted by molar-refractivity contribution is -0.154. The number of carbonyl (C=O) groups excluding carboxylic acids is 1. The predicted molar refractivity (Wildman–Crippen MR) is 237 cm³/mol. The number of esters is 1. The summed E-state index contributed by atoms with van der Waals surface area (Å²) in [7, 11) is -4.52. The van der Waals surface area contributed by atoms with E-state index in [0.717, 1.165) is 83.5 Å². The van der Waals surface area contributed by atoms with E-state index in [1.54, 1.807) is 0 Å². The zero-order chi connectivity index (χ0) is 41.8. The van der Waals surface area contributed by atoms with Gasteiger partial charge in [0.2, 0.25) is 0 Å². The summed E-state index contributed by atoms with van der Waals surface area (Å²) in [6.07, 6.45) is 50.3. The Morgan fingerprint density at radius 3 is 1.53 bits per heavy atom. The zero-order valence-corrected chi connectivity index (χ0v) is 37.2. The first-order valence-corrected chi connectivity index (χ1v) is 24.3. The van der Waals surface area contributed by atoms with Gasteiger partial charge in [-0.2, -0.15) is 0 Å². The molecule has 9 nitrogen and oxygen atoms in total. The molecule has 10 heteroatoms. The third-order valence-corrected chi connectivity index (χ3v) is 10.4. The number of carbonyl (C=O) groups is 1. The highest BCUT2D eigenvalue weighted by Gasteiger charge is 2.26. The van der Waals surface area contributed by atoms with Crippen LogP contribution in [0.1, 0.15) is 187 Å². The molecule has 332 valence electrons. The second kappa shape index (κ2) is 43.7. The summed E-state index contributed by atoms with van der Waals surface area (Å²) in [4.78, 5) is 22.6. The van der Waals surface area contributed by atoms with Gasteiger partial charge < -0.3 is 24.6 Å².